The summed E-state index contributed by atoms with van der Waals surface area (Å²) >= 11 is 0. The number of fused-ring (bicyclic) bond motifs is 1. The number of aromatic hydroxyl groups is 1. The Bertz CT molecular complexity index is 827. The summed E-state index contributed by atoms with van der Waals surface area (Å²) in [6.45, 7) is 4.02. The van der Waals surface area contributed by atoms with Crippen molar-refractivity contribution < 1.29 is 10.2 Å². The molecule has 0 saturated heterocycles. The smallest absolute Gasteiger partial charge is 0.154 e. The van der Waals surface area contributed by atoms with Crippen molar-refractivity contribution in [2.75, 3.05) is 5.32 Å². The zero-order chi connectivity index (χ0) is 15.7. The summed E-state index contributed by atoms with van der Waals surface area (Å²) in [5.74, 6) is 0.0865. The minimum absolute atomic E-state index is 0.0865. The largest absolute Gasteiger partial charge is 0.507 e. The Balaban J connectivity index is 1.94. The molecule has 112 valence electrons. The quantitative estimate of drug-likeness (QED) is 0.632. The van der Waals surface area contributed by atoms with E-state index in [9.17, 15) is 10.2 Å². The number of nitrogens with one attached hydrogen (secondary N) is 1. The highest BCUT2D eigenvalue weighted by Crippen LogP contribution is 2.31. The van der Waals surface area contributed by atoms with Gasteiger partial charge in [-0.1, -0.05) is 42.0 Å². The van der Waals surface area contributed by atoms with Crippen molar-refractivity contribution >= 4 is 16.5 Å². The lowest BCUT2D eigenvalue weighted by atomic mass is 10.0. The highest BCUT2D eigenvalue weighted by molar-refractivity contribution is 5.85. The van der Waals surface area contributed by atoms with E-state index in [-0.39, 0.29) is 5.75 Å². The van der Waals surface area contributed by atoms with E-state index in [1.165, 1.54) is 5.56 Å². The zero-order valence-corrected chi connectivity index (χ0v) is 12.7. The Morgan fingerprint density at radius 3 is 2.27 bits per heavy atom. The van der Waals surface area contributed by atoms with E-state index in [2.05, 4.69) is 11.4 Å². The predicted molar refractivity (Wildman–Crippen MR) is 90.1 cm³/mol. The molecule has 0 fully saturated rings. The monoisotopic (exact) mass is 293 g/mol. The van der Waals surface area contributed by atoms with Gasteiger partial charge in [0.1, 0.15) is 5.75 Å². The first kappa shape index (κ1) is 14.4. The average molecular weight is 293 g/mol. The van der Waals surface area contributed by atoms with E-state index in [1.807, 2.05) is 56.3 Å². The SMILES string of the molecule is Cc1ccc(NC(O)c2cc3ccccc3cc2O)c(C)c1. The van der Waals surface area contributed by atoms with Crippen molar-refractivity contribution in [3.05, 3.63) is 71.3 Å². The maximum Gasteiger partial charge on any atom is 0.154 e. The van der Waals surface area contributed by atoms with Crippen molar-refractivity contribution in [3.8, 4) is 5.75 Å². The predicted octanol–water partition coefficient (Wildman–Crippen LogP) is 4.27. The fourth-order valence-electron chi connectivity index (χ4n) is 2.67. The molecule has 1 unspecified atom stereocenters. The van der Waals surface area contributed by atoms with Gasteiger partial charge in [0, 0.05) is 11.3 Å². The van der Waals surface area contributed by atoms with Gasteiger partial charge in [-0.05, 0) is 48.4 Å². The van der Waals surface area contributed by atoms with Crippen molar-refractivity contribution in [1.82, 2.24) is 0 Å². The van der Waals surface area contributed by atoms with Gasteiger partial charge in [0.05, 0.1) is 0 Å². The van der Waals surface area contributed by atoms with Crippen molar-refractivity contribution in [3.63, 3.8) is 0 Å². The molecule has 0 aliphatic heterocycles. The molecule has 3 N–H and O–H groups in total. The van der Waals surface area contributed by atoms with E-state index in [0.717, 1.165) is 22.0 Å². The molecule has 0 heterocycles. The van der Waals surface area contributed by atoms with Crippen LogP contribution in [0.5, 0.6) is 5.75 Å². The van der Waals surface area contributed by atoms with Crippen LogP contribution in [0.25, 0.3) is 10.8 Å². The van der Waals surface area contributed by atoms with Crippen molar-refractivity contribution in [2.24, 2.45) is 0 Å². The molecule has 3 aromatic carbocycles. The minimum atomic E-state index is -0.967. The number of hydrogen-bond donors (Lipinski definition) is 3. The second kappa shape index (κ2) is 5.70. The van der Waals surface area contributed by atoms with E-state index in [0.29, 0.717) is 5.56 Å². The van der Waals surface area contributed by atoms with Crippen LogP contribution >= 0.6 is 0 Å². The first-order chi connectivity index (χ1) is 10.5. The summed E-state index contributed by atoms with van der Waals surface area (Å²) in [4.78, 5) is 0. The Labute approximate surface area is 129 Å². The normalized spacial score (nSPS) is 12.3. The first-order valence-corrected chi connectivity index (χ1v) is 7.28. The second-order valence-corrected chi connectivity index (χ2v) is 5.62. The van der Waals surface area contributed by atoms with Crippen LogP contribution in [0, 0.1) is 13.8 Å². The first-order valence-electron chi connectivity index (χ1n) is 7.28. The number of anilines is 1. The molecule has 3 rings (SSSR count). The zero-order valence-electron chi connectivity index (χ0n) is 12.7. The van der Waals surface area contributed by atoms with Gasteiger partial charge in [-0.25, -0.2) is 0 Å². The molecule has 3 heteroatoms. The Morgan fingerprint density at radius 1 is 0.909 bits per heavy atom. The molecule has 0 amide bonds. The number of rotatable bonds is 3. The Kier molecular flexibility index (Phi) is 3.73. The number of aryl methyl sites for hydroxylation is 2. The Hall–Kier alpha value is -2.52. The summed E-state index contributed by atoms with van der Waals surface area (Å²) in [5.41, 5.74) is 3.55. The third kappa shape index (κ3) is 2.76. The molecule has 0 aliphatic carbocycles. The summed E-state index contributed by atoms with van der Waals surface area (Å²) in [5, 5.41) is 25.6. The lowest BCUT2D eigenvalue weighted by molar-refractivity contribution is 0.204. The van der Waals surface area contributed by atoms with Crippen molar-refractivity contribution in [1.29, 1.82) is 0 Å². The fourth-order valence-corrected chi connectivity index (χ4v) is 2.67. The number of phenolic OH excluding ortho intramolecular Hbond substituents is 1. The van der Waals surface area contributed by atoms with Gasteiger partial charge in [-0.2, -0.15) is 0 Å². The van der Waals surface area contributed by atoms with Crippen LogP contribution in [-0.4, -0.2) is 10.2 Å². The van der Waals surface area contributed by atoms with E-state index in [4.69, 9.17) is 0 Å². The van der Waals surface area contributed by atoms with Crippen LogP contribution in [0.1, 0.15) is 22.9 Å². The molecule has 0 bridgehead atoms. The van der Waals surface area contributed by atoms with Gasteiger partial charge in [0.25, 0.3) is 0 Å². The summed E-state index contributed by atoms with van der Waals surface area (Å²) in [7, 11) is 0. The molecule has 0 radical (unpaired) electrons. The molecule has 3 aromatic rings. The number of aliphatic hydroxyl groups is 1. The van der Waals surface area contributed by atoms with Crippen LogP contribution in [0.3, 0.4) is 0 Å². The maximum atomic E-state index is 10.4. The van der Waals surface area contributed by atoms with Crippen LogP contribution < -0.4 is 5.32 Å². The van der Waals surface area contributed by atoms with Crippen molar-refractivity contribution in [2.45, 2.75) is 20.1 Å². The van der Waals surface area contributed by atoms with Crippen LogP contribution in [0.15, 0.2) is 54.6 Å². The summed E-state index contributed by atoms with van der Waals surface area (Å²) in [6, 6.07) is 17.2. The standard InChI is InChI=1S/C19H19NO2/c1-12-7-8-17(13(2)9-12)20-19(22)16-10-14-5-3-4-6-15(14)11-18(16)21/h3-11,19-22H,1-2H3. The van der Waals surface area contributed by atoms with Crippen LogP contribution in [-0.2, 0) is 0 Å². The lowest BCUT2D eigenvalue weighted by Gasteiger charge is -2.18. The van der Waals surface area contributed by atoms with Gasteiger partial charge < -0.3 is 15.5 Å². The molecule has 0 aromatic heterocycles. The Morgan fingerprint density at radius 2 is 1.59 bits per heavy atom. The molecule has 3 nitrogen and oxygen atoms in total. The van der Waals surface area contributed by atoms with Crippen LogP contribution in [0.4, 0.5) is 5.69 Å². The number of aliphatic hydroxyl groups excluding tert-OH is 1. The maximum absolute atomic E-state index is 10.4. The molecule has 0 saturated carbocycles. The van der Waals surface area contributed by atoms with Gasteiger partial charge in [0.15, 0.2) is 6.23 Å². The molecule has 0 spiro atoms. The molecular weight excluding hydrogens is 274 g/mol. The number of phenols is 1. The van der Waals surface area contributed by atoms with E-state index >= 15 is 0 Å². The van der Waals surface area contributed by atoms with Gasteiger partial charge in [-0.3, -0.25) is 0 Å². The third-order valence-corrected chi connectivity index (χ3v) is 3.86. The van der Waals surface area contributed by atoms with Gasteiger partial charge in [0.2, 0.25) is 0 Å². The topological polar surface area (TPSA) is 52.5 Å². The number of benzene rings is 3. The average Bonchev–Trinajstić information content (AvgIpc) is 2.49. The highest BCUT2D eigenvalue weighted by Gasteiger charge is 2.14. The second-order valence-electron chi connectivity index (χ2n) is 5.62. The lowest BCUT2D eigenvalue weighted by Crippen LogP contribution is -2.11. The molecule has 22 heavy (non-hydrogen) atoms. The molecular formula is C19H19NO2. The fraction of sp³-hybridized carbons (Fsp3) is 0.158. The molecule has 0 aliphatic rings. The summed E-state index contributed by atoms with van der Waals surface area (Å²) < 4.78 is 0. The molecule has 1 atom stereocenters. The number of hydrogen-bond acceptors (Lipinski definition) is 3. The van der Waals surface area contributed by atoms with Crippen LogP contribution in [0.2, 0.25) is 0 Å². The van der Waals surface area contributed by atoms with Gasteiger partial charge in [-0.15, -0.1) is 0 Å². The highest BCUT2D eigenvalue weighted by atomic mass is 16.3. The van der Waals surface area contributed by atoms with E-state index in [1.54, 1.807) is 6.07 Å². The van der Waals surface area contributed by atoms with Gasteiger partial charge >= 0.3 is 0 Å². The summed E-state index contributed by atoms with van der Waals surface area (Å²) in [6.07, 6.45) is -0.967. The minimum Gasteiger partial charge on any atom is -0.507 e. The van der Waals surface area contributed by atoms with E-state index < -0.39 is 6.23 Å². The third-order valence-electron chi connectivity index (χ3n) is 3.86.